The number of hydrogen-bond donors (Lipinski definition) is 1. The van der Waals surface area contributed by atoms with Gasteiger partial charge in [-0.1, -0.05) is 18.5 Å². The second kappa shape index (κ2) is 6.43. The van der Waals surface area contributed by atoms with Crippen molar-refractivity contribution < 1.29 is 8.42 Å². The first-order valence-electron chi connectivity index (χ1n) is 6.86. The van der Waals surface area contributed by atoms with E-state index in [1.54, 1.807) is 7.05 Å². The van der Waals surface area contributed by atoms with E-state index in [4.69, 9.17) is 11.6 Å². The van der Waals surface area contributed by atoms with Crippen LogP contribution in [0.15, 0.2) is 11.4 Å². The zero-order chi connectivity index (χ0) is 14.8. The molecule has 1 saturated heterocycles. The first-order valence-corrected chi connectivity index (χ1v) is 8.72. The molecule has 2 heterocycles. The summed E-state index contributed by atoms with van der Waals surface area (Å²) in [4.78, 5) is 6.19. The Bertz CT molecular complexity index is 552. The minimum absolute atomic E-state index is 0.0991. The molecule has 0 spiro atoms. The van der Waals surface area contributed by atoms with Crippen LogP contribution in [-0.4, -0.2) is 48.5 Å². The van der Waals surface area contributed by atoms with Crippen molar-refractivity contribution in [2.24, 2.45) is 7.05 Å². The van der Waals surface area contributed by atoms with E-state index in [0.717, 1.165) is 19.5 Å². The third-order valence-electron chi connectivity index (χ3n) is 3.73. The van der Waals surface area contributed by atoms with Crippen LogP contribution in [0.3, 0.4) is 0 Å². The highest BCUT2D eigenvalue weighted by atomic mass is 35.5. The summed E-state index contributed by atoms with van der Waals surface area (Å²) in [6.07, 6.45) is 4.69. The number of likely N-dealkylation sites (tertiary alicyclic amines) is 1. The van der Waals surface area contributed by atoms with Crippen molar-refractivity contribution in [2.75, 3.05) is 19.6 Å². The maximum atomic E-state index is 12.2. The predicted molar refractivity (Wildman–Crippen MR) is 78.3 cm³/mol. The number of aromatic nitrogens is 2. The van der Waals surface area contributed by atoms with Crippen LogP contribution in [-0.2, 0) is 17.1 Å². The van der Waals surface area contributed by atoms with Crippen LogP contribution in [0.1, 0.15) is 26.2 Å². The maximum absolute atomic E-state index is 12.2. The minimum atomic E-state index is -3.65. The molecule has 1 aromatic rings. The Hall–Kier alpha value is -0.630. The van der Waals surface area contributed by atoms with E-state index >= 15 is 0 Å². The van der Waals surface area contributed by atoms with E-state index in [1.165, 1.54) is 23.7 Å². The van der Waals surface area contributed by atoms with Gasteiger partial charge in [-0.2, -0.15) is 0 Å². The molecule has 20 heavy (non-hydrogen) atoms. The van der Waals surface area contributed by atoms with Crippen molar-refractivity contribution in [1.29, 1.82) is 0 Å². The average Bonchev–Trinajstić information content (AvgIpc) is 3.02. The summed E-state index contributed by atoms with van der Waals surface area (Å²) < 4.78 is 28.5. The van der Waals surface area contributed by atoms with Crippen molar-refractivity contribution in [1.82, 2.24) is 19.2 Å². The Balaban J connectivity index is 2.03. The Morgan fingerprint density at radius 3 is 2.60 bits per heavy atom. The molecule has 114 valence electrons. The molecule has 1 aliphatic rings. The van der Waals surface area contributed by atoms with Gasteiger partial charge in [-0.3, -0.25) is 4.90 Å². The summed E-state index contributed by atoms with van der Waals surface area (Å²) in [5.41, 5.74) is 0. The molecule has 0 amide bonds. The van der Waals surface area contributed by atoms with Gasteiger partial charge in [-0.25, -0.2) is 18.1 Å². The zero-order valence-electron chi connectivity index (χ0n) is 11.8. The third kappa shape index (κ3) is 3.33. The van der Waals surface area contributed by atoms with Gasteiger partial charge < -0.3 is 4.57 Å². The molecule has 0 bridgehead atoms. The fourth-order valence-corrected chi connectivity index (χ4v) is 3.98. The molecular formula is C12H21ClN4O2S. The number of imidazole rings is 1. The molecule has 0 radical (unpaired) electrons. The van der Waals surface area contributed by atoms with Crippen LogP contribution in [0.25, 0.3) is 0 Å². The number of hydrogen-bond acceptors (Lipinski definition) is 4. The number of nitrogens with one attached hydrogen (secondary N) is 1. The van der Waals surface area contributed by atoms with Gasteiger partial charge in [0.15, 0.2) is 0 Å². The van der Waals surface area contributed by atoms with E-state index in [9.17, 15) is 8.42 Å². The van der Waals surface area contributed by atoms with Gasteiger partial charge in [0.05, 0.1) is 6.33 Å². The number of nitrogens with zero attached hydrogens (tertiary/aromatic N) is 3. The standard InChI is InChI=1S/C12H21ClN4O2S/c1-3-10(17-6-4-5-7-17)8-15-20(18,19)12-11(13)16(2)9-14-12/h9-10,15H,3-8H2,1-2H3/t10-/m0/s1. The van der Waals surface area contributed by atoms with Gasteiger partial charge in [-0.05, 0) is 32.4 Å². The van der Waals surface area contributed by atoms with Gasteiger partial charge in [0.25, 0.3) is 10.0 Å². The predicted octanol–water partition coefficient (Wildman–Crippen LogP) is 1.23. The normalized spacial score (nSPS) is 18.6. The fraction of sp³-hybridized carbons (Fsp3) is 0.750. The number of sulfonamides is 1. The summed E-state index contributed by atoms with van der Waals surface area (Å²) in [7, 11) is -1.99. The second-order valence-electron chi connectivity index (χ2n) is 5.11. The minimum Gasteiger partial charge on any atom is -0.324 e. The van der Waals surface area contributed by atoms with Gasteiger partial charge in [0.1, 0.15) is 5.15 Å². The number of rotatable bonds is 6. The molecule has 1 aromatic heterocycles. The van der Waals surface area contributed by atoms with Crippen LogP contribution >= 0.6 is 11.6 Å². The molecule has 1 fully saturated rings. The van der Waals surface area contributed by atoms with Crippen LogP contribution in [0.4, 0.5) is 0 Å². The first kappa shape index (κ1) is 15.8. The van der Waals surface area contributed by atoms with Crippen molar-refractivity contribution in [3.05, 3.63) is 11.5 Å². The van der Waals surface area contributed by atoms with E-state index in [1.807, 2.05) is 0 Å². The molecule has 2 rings (SSSR count). The first-order chi connectivity index (χ1) is 9.45. The Labute approximate surface area is 125 Å². The number of halogens is 1. The summed E-state index contributed by atoms with van der Waals surface area (Å²) in [5.74, 6) is 0. The highest BCUT2D eigenvalue weighted by molar-refractivity contribution is 7.89. The van der Waals surface area contributed by atoms with Crippen molar-refractivity contribution in [2.45, 2.75) is 37.3 Å². The Morgan fingerprint density at radius 2 is 2.10 bits per heavy atom. The third-order valence-corrected chi connectivity index (χ3v) is 5.64. The van der Waals surface area contributed by atoms with Gasteiger partial charge in [0.2, 0.25) is 5.03 Å². The summed E-state index contributed by atoms with van der Waals surface area (Å²) in [6, 6.07) is 0.231. The lowest BCUT2D eigenvalue weighted by atomic mass is 10.2. The quantitative estimate of drug-likeness (QED) is 0.856. The smallest absolute Gasteiger partial charge is 0.261 e. The summed E-state index contributed by atoms with van der Waals surface area (Å²) in [5, 5.41) is 0.0321. The van der Waals surface area contributed by atoms with Crippen molar-refractivity contribution >= 4 is 21.6 Å². The lowest BCUT2D eigenvalue weighted by Gasteiger charge is -2.26. The average molecular weight is 321 g/mol. The molecule has 6 nitrogen and oxygen atoms in total. The highest BCUT2D eigenvalue weighted by Gasteiger charge is 2.26. The van der Waals surface area contributed by atoms with Crippen molar-refractivity contribution in [3.63, 3.8) is 0 Å². The molecule has 8 heteroatoms. The molecule has 0 saturated carbocycles. The molecule has 0 unspecified atom stereocenters. The highest BCUT2D eigenvalue weighted by Crippen LogP contribution is 2.19. The topological polar surface area (TPSA) is 67.2 Å². The number of aryl methyl sites for hydroxylation is 1. The molecule has 0 aromatic carbocycles. The van der Waals surface area contributed by atoms with Gasteiger partial charge in [0, 0.05) is 19.6 Å². The lowest BCUT2D eigenvalue weighted by Crippen LogP contribution is -2.42. The molecular weight excluding hydrogens is 300 g/mol. The van der Waals surface area contributed by atoms with E-state index in [0.29, 0.717) is 6.54 Å². The van der Waals surface area contributed by atoms with Crippen molar-refractivity contribution in [3.8, 4) is 0 Å². The Kier molecular flexibility index (Phi) is 5.06. The van der Waals surface area contributed by atoms with Gasteiger partial charge in [-0.15, -0.1) is 0 Å². The Morgan fingerprint density at radius 1 is 1.45 bits per heavy atom. The fourth-order valence-electron chi connectivity index (χ4n) is 2.49. The molecule has 1 atom stereocenters. The van der Waals surface area contributed by atoms with Crippen LogP contribution in [0.5, 0.6) is 0 Å². The van der Waals surface area contributed by atoms with E-state index in [-0.39, 0.29) is 16.2 Å². The summed E-state index contributed by atoms with van der Waals surface area (Å²) >= 11 is 5.94. The monoisotopic (exact) mass is 320 g/mol. The molecule has 1 aliphatic heterocycles. The SMILES string of the molecule is CC[C@@H](CNS(=O)(=O)c1ncn(C)c1Cl)N1CCCC1. The van der Waals surface area contributed by atoms with Crippen LogP contribution in [0, 0.1) is 0 Å². The molecule has 0 aliphatic carbocycles. The second-order valence-corrected chi connectivity index (χ2v) is 7.15. The summed E-state index contributed by atoms with van der Waals surface area (Å²) in [6.45, 7) is 4.56. The van der Waals surface area contributed by atoms with E-state index in [2.05, 4.69) is 21.5 Å². The van der Waals surface area contributed by atoms with Gasteiger partial charge >= 0.3 is 0 Å². The lowest BCUT2D eigenvalue weighted by molar-refractivity contribution is 0.237. The zero-order valence-corrected chi connectivity index (χ0v) is 13.4. The maximum Gasteiger partial charge on any atom is 0.261 e. The van der Waals surface area contributed by atoms with E-state index < -0.39 is 10.0 Å². The largest absolute Gasteiger partial charge is 0.324 e. The molecule has 1 N–H and O–H groups in total. The van der Waals surface area contributed by atoms with Crippen LogP contribution in [0.2, 0.25) is 5.15 Å². The van der Waals surface area contributed by atoms with Crippen LogP contribution < -0.4 is 4.72 Å².